The number of benzene rings is 1. The molecular formula is C16H19FN4O3. The van der Waals surface area contributed by atoms with E-state index in [0.29, 0.717) is 6.42 Å². The fourth-order valence-corrected chi connectivity index (χ4v) is 2.62. The van der Waals surface area contributed by atoms with Crippen LogP contribution in [-0.2, 0) is 13.5 Å². The highest BCUT2D eigenvalue weighted by Crippen LogP contribution is 2.20. The summed E-state index contributed by atoms with van der Waals surface area (Å²) in [7, 11) is 1.84. The minimum atomic E-state index is -0.766. The molecule has 1 heterocycles. The summed E-state index contributed by atoms with van der Waals surface area (Å²) in [4.78, 5) is 22.5. The predicted molar refractivity (Wildman–Crippen MR) is 86.4 cm³/mol. The number of nitrogens with one attached hydrogen (secondary N) is 1. The molecule has 1 aromatic carbocycles. The number of nitro benzene ring substituents is 1. The minimum absolute atomic E-state index is 0.159. The van der Waals surface area contributed by atoms with E-state index in [4.69, 9.17) is 0 Å². The molecule has 0 saturated heterocycles. The Labute approximate surface area is 138 Å². The lowest BCUT2D eigenvalue weighted by Crippen LogP contribution is -2.34. The van der Waals surface area contributed by atoms with Crippen molar-refractivity contribution in [3.63, 3.8) is 0 Å². The number of hydrogen-bond acceptors (Lipinski definition) is 4. The zero-order valence-corrected chi connectivity index (χ0v) is 14.0. The van der Waals surface area contributed by atoms with Crippen LogP contribution in [0.5, 0.6) is 0 Å². The lowest BCUT2D eigenvalue weighted by Gasteiger charge is -2.14. The summed E-state index contributed by atoms with van der Waals surface area (Å²) in [6.45, 7) is 5.63. The fourth-order valence-electron chi connectivity index (χ4n) is 2.62. The van der Waals surface area contributed by atoms with Gasteiger partial charge in [-0.2, -0.15) is 5.10 Å². The van der Waals surface area contributed by atoms with Gasteiger partial charge in [-0.05, 0) is 44.9 Å². The van der Waals surface area contributed by atoms with Crippen LogP contribution in [0, 0.1) is 29.8 Å². The van der Waals surface area contributed by atoms with Crippen molar-refractivity contribution in [2.45, 2.75) is 33.2 Å². The Hall–Kier alpha value is -2.77. The van der Waals surface area contributed by atoms with Gasteiger partial charge in [0.2, 0.25) is 0 Å². The Bertz CT molecular complexity index is 801. The van der Waals surface area contributed by atoms with E-state index in [1.807, 2.05) is 20.9 Å². The third-order valence-corrected chi connectivity index (χ3v) is 3.95. The van der Waals surface area contributed by atoms with E-state index < -0.39 is 22.3 Å². The number of rotatable bonds is 5. The van der Waals surface area contributed by atoms with Gasteiger partial charge in [0, 0.05) is 18.8 Å². The molecule has 1 unspecified atom stereocenters. The van der Waals surface area contributed by atoms with Gasteiger partial charge in [0.15, 0.2) is 0 Å². The Balaban J connectivity index is 2.16. The summed E-state index contributed by atoms with van der Waals surface area (Å²) in [6.07, 6.45) is 0.548. The van der Waals surface area contributed by atoms with E-state index in [2.05, 4.69) is 10.4 Å². The number of nitro groups is 1. The fraction of sp³-hybridized carbons (Fsp3) is 0.375. The normalized spacial score (nSPS) is 12.0. The summed E-state index contributed by atoms with van der Waals surface area (Å²) < 4.78 is 14.9. The van der Waals surface area contributed by atoms with Crippen molar-refractivity contribution in [3.05, 3.63) is 56.6 Å². The standard InChI is InChI=1S/C16H19FN4O3/c1-9(7-14-10(2)19-20(4)11(14)3)18-16(22)13-6-5-12(17)8-15(13)21(23)24/h5-6,8-9H,7H2,1-4H3,(H,18,22). The van der Waals surface area contributed by atoms with Gasteiger partial charge < -0.3 is 5.32 Å². The second-order valence-corrected chi connectivity index (χ2v) is 5.77. The minimum Gasteiger partial charge on any atom is -0.349 e. The summed E-state index contributed by atoms with van der Waals surface area (Å²) in [5.41, 5.74) is 2.20. The van der Waals surface area contributed by atoms with Crippen LogP contribution in [0.2, 0.25) is 0 Å². The van der Waals surface area contributed by atoms with Gasteiger partial charge in [-0.3, -0.25) is 19.6 Å². The first-order chi connectivity index (χ1) is 11.2. The maximum atomic E-state index is 13.2. The average molecular weight is 334 g/mol. The highest BCUT2D eigenvalue weighted by atomic mass is 19.1. The monoisotopic (exact) mass is 334 g/mol. The number of hydrogen-bond donors (Lipinski definition) is 1. The van der Waals surface area contributed by atoms with Crippen molar-refractivity contribution in [1.29, 1.82) is 0 Å². The van der Waals surface area contributed by atoms with Gasteiger partial charge in [-0.15, -0.1) is 0 Å². The van der Waals surface area contributed by atoms with Crippen molar-refractivity contribution in [1.82, 2.24) is 15.1 Å². The molecule has 0 aliphatic carbocycles. The number of aryl methyl sites for hydroxylation is 2. The van der Waals surface area contributed by atoms with Crippen molar-refractivity contribution in [2.24, 2.45) is 7.05 Å². The topological polar surface area (TPSA) is 90.1 Å². The van der Waals surface area contributed by atoms with Gasteiger partial charge in [-0.25, -0.2) is 4.39 Å². The molecule has 1 aromatic heterocycles. The molecule has 128 valence electrons. The van der Waals surface area contributed by atoms with Crippen LogP contribution in [0.3, 0.4) is 0 Å². The van der Waals surface area contributed by atoms with Crippen LogP contribution >= 0.6 is 0 Å². The first kappa shape index (κ1) is 17.6. The molecular weight excluding hydrogens is 315 g/mol. The number of carbonyl (C=O) groups is 1. The van der Waals surface area contributed by atoms with Crippen LogP contribution in [0.15, 0.2) is 18.2 Å². The third-order valence-electron chi connectivity index (χ3n) is 3.95. The number of nitrogens with zero attached hydrogens (tertiary/aromatic N) is 3. The van der Waals surface area contributed by atoms with E-state index in [1.165, 1.54) is 0 Å². The average Bonchev–Trinajstić information content (AvgIpc) is 2.73. The summed E-state index contributed by atoms with van der Waals surface area (Å²) in [6, 6.07) is 2.64. The van der Waals surface area contributed by atoms with Crippen molar-refractivity contribution < 1.29 is 14.1 Å². The molecule has 0 aliphatic heterocycles. The quantitative estimate of drug-likeness (QED) is 0.672. The van der Waals surface area contributed by atoms with Crippen LogP contribution in [0.4, 0.5) is 10.1 Å². The lowest BCUT2D eigenvalue weighted by atomic mass is 10.0. The molecule has 7 nitrogen and oxygen atoms in total. The second-order valence-electron chi connectivity index (χ2n) is 5.77. The molecule has 0 aliphatic rings. The number of halogens is 1. The Morgan fingerprint density at radius 2 is 2.12 bits per heavy atom. The van der Waals surface area contributed by atoms with E-state index in [-0.39, 0.29) is 11.6 Å². The second kappa shape index (κ2) is 6.77. The summed E-state index contributed by atoms with van der Waals surface area (Å²) in [5, 5.41) is 18.0. The van der Waals surface area contributed by atoms with E-state index in [0.717, 1.165) is 35.2 Å². The molecule has 0 radical (unpaired) electrons. The Kier molecular flexibility index (Phi) is 4.96. The van der Waals surface area contributed by atoms with Gasteiger partial charge >= 0.3 is 0 Å². The smallest absolute Gasteiger partial charge is 0.285 e. The highest BCUT2D eigenvalue weighted by Gasteiger charge is 2.23. The maximum absolute atomic E-state index is 13.2. The third kappa shape index (κ3) is 3.58. The van der Waals surface area contributed by atoms with Gasteiger partial charge in [0.05, 0.1) is 16.7 Å². The van der Waals surface area contributed by atoms with E-state index in [9.17, 15) is 19.3 Å². The van der Waals surface area contributed by atoms with Crippen LogP contribution in [-0.4, -0.2) is 26.7 Å². The zero-order chi connectivity index (χ0) is 18.0. The molecule has 1 amide bonds. The number of carbonyl (C=O) groups excluding carboxylic acids is 1. The Morgan fingerprint density at radius 3 is 2.67 bits per heavy atom. The predicted octanol–water partition coefficient (Wildman–Crippen LogP) is 2.45. The van der Waals surface area contributed by atoms with Crippen LogP contribution < -0.4 is 5.32 Å². The molecule has 8 heteroatoms. The van der Waals surface area contributed by atoms with Crippen LogP contribution in [0.1, 0.15) is 34.2 Å². The highest BCUT2D eigenvalue weighted by molar-refractivity contribution is 5.98. The molecule has 0 spiro atoms. The van der Waals surface area contributed by atoms with E-state index in [1.54, 1.807) is 11.6 Å². The molecule has 2 rings (SSSR count). The molecule has 0 fully saturated rings. The van der Waals surface area contributed by atoms with Gasteiger partial charge in [-0.1, -0.05) is 0 Å². The zero-order valence-electron chi connectivity index (χ0n) is 14.0. The molecule has 0 saturated carbocycles. The van der Waals surface area contributed by atoms with Crippen LogP contribution in [0.25, 0.3) is 0 Å². The molecule has 24 heavy (non-hydrogen) atoms. The summed E-state index contributed by atoms with van der Waals surface area (Å²) >= 11 is 0. The SMILES string of the molecule is Cc1nn(C)c(C)c1CC(C)NC(=O)c1ccc(F)cc1[N+](=O)[O-]. The van der Waals surface area contributed by atoms with Crippen molar-refractivity contribution >= 4 is 11.6 Å². The lowest BCUT2D eigenvalue weighted by molar-refractivity contribution is -0.385. The molecule has 0 bridgehead atoms. The maximum Gasteiger partial charge on any atom is 0.285 e. The molecule has 2 aromatic rings. The van der Waals surface area contributed by atoms with Gasteiger partial charge in [0.1, 0.15) is 11.4 Å². The van der Waals surface area contributed by atoms with Crippen molar-refractivity contribution in [3.8, 4) is 0 Å². The van der Waals surface area contributed by atoms with E-state index >= 15 is 0 Å². The summed E-state index contributed by atoms with van der Waals surface area (Å²) in [5.74, 6) is -1.36. The molecule has 1 N–H and O–H groups in total. The largest absolute Gasteiger partial charge is 0.349 e. The van der Waals surface area contributed by atoms with Gasteiger partial charge in [0.25, 0.3) is 11.6 Å². The number of amides is 1. The molecule has 1 atom stereocenters. The first-order valence-electron chi connectivity index (χ1n) is 7.44. The van der Waals surface area contributed by atoms with Crippen molar-refractivity contribution in [2.75, 3.05) is 0 Å². The number of aromatic nitrogens is 2. The Morgan fingerprint density at radius 1 is 1.46 bits per heavy atom. The first-order valence-corrected chi connectivity index (χ1v) is 7.44.